The van der Waals surface area contributed by atoms with Crippen molar-refractivity contribution < 1.29 is 0 Å². The molecule has 1 fully saturated rings. The maximum Gasteiger partial charge on any atom is 0.0576 e. The normalized spacial score (nSPS) is 24.6. The summed E-state index contributed by atoms with van der Waals surface area (Å²) in [6, 6.07) is 6.18. The van der Waals surface area contributed by atoms with E-state index >= 15 is 0 Å². The van der Waals surface area contributed by atoms with Crippen molar-refractivity contribution in [2.75, 3.05) is 17.6 Å². The van der Waals surface area contributed by atoms with Gasteiger partial charge in [0.15, 0.2) is 0 Å². The number of nitrogens with one attached hydrogen (secondary N) is 1. The van der Waals surface area contributed by atoms with Crippen molar-refractivity contribution >= 4 is 11.4 Å². The Hall–Kier alpha value is -1.18. The summed E-state index contributed by atoms with van der Waals surface area (Å²) < 4.78 is 0. The van der Waals surface area contributed by atoms with Crippen LogP contribution in [0.3, 0.4) is 0 Å². The molecule has 3 N–H and O–H groups in total. The molecular formula is C15H24N2. The average molecular weight is 232 g/mol. The Balaban J connectivity index is 1.87. The van der Waals surface area contributed by atoms with Crippen molar-refractivity contribution in [3.63, 3.8) is 0 Å². The standard InChI is InChI=1S/C15H24N2/c1-11-3-6-13(7-4-11)10-17-15-9-12(2)5-8-14(15)16/h5,8-9,11,13,17H,3-4,6-7,10,16H2,1-2H3. The summed E-state index contributed by atoms with van der Waals surface area (Å²) in [5, 5.41) is 3.51. The molecule has 94 valence electrons. The van der Waals surface area contributed by atoms with Crippen LogP contribution < -0.4 is 11.1 Å². The van der Waals surface area contributed by atoms with Crippen LogP contribution in [0.15, 0.2) is 18.2 Å². The lowest BCUT2D eigenvalue weighted by molar-refractivity contribution is 0.300. The first kappa shape index (κ1) is 12.3. The molecule has 0 aliphatic heterocycles. The largest absolute Gasteiger partial charge is 0.397 e. The number of nitrogens with two attached hydrogens (primary N) is 1. The number of hydrogen-bond acceptors (Lipinski definition) is 2. The first-order chi connectivity index (χ1) is 8.15. The molecule has 2 rings (SSSR count). The molecule has 2 heteroatoms. The summed E-state index contributed by atoms with van der Waals surface area (Å²) >= 11 is 0. The highest BCUT2D eigenvalue weighted by atomic mass is 14.9. The molecule has 17 heavy (non-hydrogen) atoms. The predicted octanol–water partition coefficient (Wildman–Crippen LogP) is 3.82. The van der Waals surface area contributed by atoms with Gasteiger partial charge in [-0.3, -0.25) is 0 Å². The highest BCUT2D eigenvalue weighted by Crippen LogP contribution is 2.29. The molecule has 2 nitrogen and oxygen atoms in total. The van der Waals surface area contributed by atoms with Crippen LogP contribution in [0.5, 0.6) is 0 Å². The number of aryl methyl sites for hydroxylation is 1. The third-order valence-electron chi connectivity index (χ3n) is 3.93. The van der Waals surface area contributed by atoms with Crippen LogP contribution >= 0.6 is 0 Å². The van der Waals surface area contributed by atoms with E-state index in [4.69, 9.17) is 5.73 Å². The first-order valence-electron chi connectivity index (χ1n) is 6.75. The Morgan fingerprint density at radius 1 is 1.24 bits per heavy atom. The van der Waals surface area contributed by atoms with Gasteiger partial charge >= 0.3 is 0 Å². The van der Waals surface area contributed by atoms with Crippen LogP contribution in [-0.2, 0) is 0 Å². The van der Waals surface area contributed by atoms with Gasteiger partial charge in [0.05, 0.1) is 11.4 Å². The van der Waals surface area contributed by atoms with Crippen LogP contribution in [0.4, 0.5) is 11.4 Å². The summed E-state index contributed by atoms with van der Waals surface area (Å²) in [6.07, 6.45) is 5.49. The van der Waals surface area contributed by atoms with E-state index < -0.39 is 0 Å². The van der Waals surface area contributed by atoms with Crippen LogP contribution in [0.25, 0.3) is 0 Å². The van der Waals surface area contributed by atoms with Gasteiger partial charge in [-0.05, 0) is 49.3 Å². The summed E-state index contributed by atoms with van der Waals surface area (Å²) in [5.74, 6) is 1.75. The van der Waals surface area contributed by atoms with Gasteiger partial charge in [0.25, 0.3) is 0 Å². The Bertz CT molecular complexity index is 365. The summed E-state index contributed by atoms with van der Waals surface area (Å²) in [5.41, 5.74) is 9.19. The Kier molecular flexibility index (Phi) is 3.93. The summed E-state index contributed by atoms with van der Waals surface area (Å²) in [7, 11) is 0. The van der Waals surface area contributed by atoms with Crippen molar-refractivity contribution in [3.8, 4) is 0 Å². The Morgan fingerprint density at radius 2 is 1.94 bits per heavy atom. The average Bonchev–Trinajstić information content (AvgIpc) is 2.32. The predicted molar refractivity (Wildman–Crippen MR) is 75.2 cm³/mol. The molecule has 0 bridgehead atoms. The second kappa shape index (κ2) is 5.44. The molecule has 1 saturated carbocycles. The molecule has 0 amide bonds. The maximum absolute atomic E-state index is 5.96. The number of anilines is 2. The highest BCUT2D eigenvalue weighted by molar-refractivity contribution is 5.66. The van der Waals surface area contributed by atoms with E-state index in [1.165, 1.54) is 31.2 Å². The third-order valence-corrected chi connectivity index (χ3v) is 3.93. The monoisotopic (exact) mass is 232 g/mol. The minimum atomic E-state index is 0.825. The van der Waals surface area contributed by atoms with Gasteiger partial charge in [-0.2, -0.15) is 0 Å². The SMILES string of the molecule is Cc1ccc(N)c(NCC2CCC(C)CC2)c1. The molecule has 0 saturated heterocycles. The van der Waals surface area contributed by atoms with Gasteiger partial charge < -0.3 is 11.1 Å². The van der Waals surface area contributed by atoms with Gasteiger partial charge in [0.2, 0.25) is 0 Å². The lowest BCUT2D eigenvalue weighted by atomic mass is 9.83. The van der Waals surface area contributed by atoms with Gasteiger partial charge in [-0.1, -0.05) is 25.8 Å². The van der Waals surface area contributed by atoms with Crippen molar-refractivity contribution in [1.82, 2.24) is 0 Å². The van der Waals surface area contributed by atoms with Crippen molar-refractivity contribution in [1.29, 1.82) is 0 Å². The second-order valence-corrected chi connectivity index (χ2v) is 5.60. The van der Waals surface area contributed by atoms with Gasteiger partial charge in [0.1, 0.15) is 0 Å². The zero-order valence-corrected chi connectivity index (χ0v) is 11.0. The number of benzene rings is 1. The molecule has 0 spiro atoms. The first-order valence-corrected chi connectivity index (χ1v) is 6.75. The fraction of sp³-hybridized carbons (Fsp3) is 0.600. The number of hydrogen-bond donors (Lipinski definition) is 2. The molecule has 1 aliphatic carbocycles. The minimum Gasteiger partial charge on any atom is -0.397 e. The van der Waals surface area contributed by atoms with Crippen LogP contribution in [0, 0.1) is 18.8 Å². The van der Waals surface area contributed by atoms with Crippen LogP contribution in [-0.4, -0.2) is 6.54 Å². The van der Waals surface area contributed by atoms with E-state index in [0.29, 0.717) is 0 Å². The van der Waals surface area contributed by atoms with Crippen molar-refractivity contribution in [2.24, 2.45) is 11.8 Å². The molecule has 1 aromatic carbocycles. The maximum atomic E-state index is 5.96. The van der Waals surface area contributed by atoms with E-state index in [1.54, 1.807) is 0 Å². The molecule has 0 atom stereocenters. The van der Waals surface area contributed by atoms with Crippen LogP contribution in [0.1, 0.15) is 38.2 Å². The minimum absolute atomic E-state index is 0.825. The molecular weight excluding hydrogens is 208 g/mol. The van der Waals surface area contributed by atoms with Crippen molar-refractivity contribution in [3.05, 3.63) is 23.8 Å². The second-order valence-electron chi connectivity index (χ2n) is 5.60. The lowest BCUT2D eigenvalue weighted by Gasteiger charge is -2.26. The van der Waals surface area contributed by atoms with Crippen molar-refractivity contribution in [2.45, 2.75) is 39.5 Å². The lowest BCUT2D eigenvalue weighted by Crippen LogP contribution is -2.20. The van der Waals surface area contributed by atoms with Gasteiger partial charge in [-0.15, -0.1) is 0 Å². The molecule has 1 aliphatic rings. The Morgan fingerprint density at radius 3 is 2.65 bits per heavy atom. The molecule has 0 radical (unpaired) electrons. The van der Waals surface area contributed by atoms with Gasteiger partial charge in [-0.25, -0.2) is 0 Å². The van der Waals surface area contributed by atoms with E-state index in [-0.39, 0.29) is 0 Å². The Labute approximate surface area is 105 Å². The van der Waals surface area contributed by atoms with E-state index in [9.17, 15) is 0 Å². The zero-order valence-electron chi connectivity index (χ0n) is 11.0. The van der Waals surface area contributed by atoms with Gasteiger partial charge in [0, 0.05) is 6.54 Å². The van der Waals surface area contributed by atoms with E-state index in [1.807, 2.05) is 6.07 Å². The fourth-order valence-electron chi connectivity index (χ4n) is 2.61. The third kappa shape index (κ3) is 3.39. The number of rotatable bonds is 3. The number of nitrogen functional groups attached to an aromatic ring is 1. The molecule has 0 heterocycles. The molecule has 0 unspecified atom stereocenters. The fourth-order valence-corrected chi connectivity index (χ4v) is 2.61. The summed E-state index contributed by atoms with van der Waals surface area (Å²) in [4.78, 5) is 0. The van der Waals surface area contributed by atoms with Crippen LogP contribution in [0.2, 0.25) is 0 Å². The molecule has 0 aromatic heterocycles. The quantitative estimate of drug-likeness (QED) is 0.778. The van der Waals surface area contributed by atoms with E-state index in [0.717, 1.165) is 29.8 Å². The smallest absolute Gasteiger partial charge is 0.0576 e. The topological polar surface area (TPSA) is 38.0 Å². The zero-order chi connectivity index (χ0) is 12.3. The molecule has 1 aromatic rings. The highest BCUT2D eigenvalue weighted by Gasteiger charge is 2.17. The summed E-state index contributed by atoms with van der Waals surface area (Å²) in [6.45, 7) is 5.54. The van der Waals surface area contributed by atoms with E-state index in [2.05, 4.69) is 31.3 Å².